The Hall–Kier alpha value is -2.61. The van der Waals surface area contributed by atoms with Crippen LogP contribution in [0.1, 0.15) is 29.9 Å². The summed E-state index contributed by atoms with van der Waals surface area (Å²) in [6.07, 6.45) is -4.60. The van der Waals surface area contributed by atoms with Crippen LogP contribution in [-0.4, -0.2) is 55.8 Å². The molecule has 14 heteroatoms. The number of ether oxygens (including phenoxy) is 1. The van der Waals surface area contributed by atoms with Gasteiger partial charge < -0.3 is 19.3 Å². The standard InChI is InChI=1S/C18H19F5N6O2S/c1-2-10-8-11-13(24-16(25-14(11)32-10)31-7-3-6-30)28-4-5-29-12(9-28)26-27-15(29)17(19,20)18(21,22)23/h8,30H,2-7,9H2,1H3. The summed E-state index contributed by atoms with van der Waals surface area (Å²) in [6.45, 7) is 2.03. The minimum Gasteiger partial charge on any atom is -0.463 e. The number of thiophene rings is 1. The number of aliphatic hydroxyl groups excluding tert-OH is 1. The molecule has 0 fully saturated rings. The van der Waals surface area contributed by atoms with Crippen LogP contribution in [0.4, 0.5) is 27.8 Å². The lowest BCUT2D eigenvalue weighted by Crippen LogP contribution is -2.40. The fourth-order valence-electron chi connectivity index (χ4n) is 3.34. The van der Waals surface area contributed by atoms with E-state index in [1.807, 2.05) is 13.0 Å². The predicted molar refractivity (Wildman–Crippen MR) is 105 cm³/mol. The van der Waals surface area contributed by atoms with Crippen LogP contribution in [0.3, 0.4) is 0 Å². The highest BCUT2D eigenvalue weighted by Gasteiger charge is 2.62. The lowest BCUT2D eigenvalue weighted by atomic mass is 10.2. The molecule has 4 rings (SSSR count). The first-order valence-corrected chi connectivity index (χ1v) is 10.6. The number of alkyl halides is 5. The summed E-state index contributed by atoms with van der Waals surface area (Å²) in [5.41, 5.74) is 0. The molecule has 0 bridgehead atoms. The zero-order valence-electron chi connectivity index (χ0n) is 16.9. The monoisotopic (exact) mass is 478 g/mol. The van der Waals surface area contributed by atoms with Crippen molar-refractivity contribution < 1.29 is 31.8 Å². The van der Waals surface area contributed by atoms with Gasteiger partial charge in [0.1, 0.15) is 10.6 Å². The number of hydrogen-bond donors (Lipinski definition) is 1. The number of aryl methyl sites for hydroxylation is 1. The van der Waals surface area contributed by atoms with E-state index in [9.17, 15) is 22.0 Å². The Bertz CT molecular complexity index is 1120. The lowest BCUT2D eigenvalue weighted by Gasteiger charge is -2.30. The average molecular weight is 478 g/mol. The molecule has 4 heterocycles. The summed E-state index contributed by atoms with van der Waals surface area (Å²) < 4.78 is 72.4. The topological polar surface area (TPSA) is 89.2 Å². The van der Waals surface area contributed by atoms with Crippen LogP contribution in [0.25, 0.3) is 10.2 Å². The van der Waals surface area contributed by atoms with Gasteiger partial charge in [0, 0.05) is 31.0 Å². The number of rotatable bonds is 7. The number of aliphatic hydroxyl groups is 1. The van der Waals surface area contributed by atoms with Gasteiger partial charge in [0.2, 0.25) is 5.82 Å². The van der Waals surface area contributed by atoms with E-state index in [1.54, 1.807) is 4.90 Å². The van der Waals surface area contributed by atoms with Gasteiger partial charge in [0.15, 0.2) is 5.82 Å². The van der Waals surface area contributed by atoms with Gasteiger partial charge >= 0.3 is 18.1 Å². The van der Waals surface area contributed by atoms with Crippen molar-refractivity contribution in [2.24, 2.45) is 0 Å². The first-order valence-electron chi connectivity index (χ1n) is 9.81. The van der Waals surface area contributed by atoms with Gasteiger partial charge in [0.25, 0.3) is 0 Å². The van der Waals surface area contributed by atoms with Crippen LogP contribution in [0, 0.1) is 0 Å². The Morgan fingerprint density at radius 2 is 1.94 bits per heavy atom. The highest BCUT2D eigenvalue weighted by molar-refractivity contribution is 7.18. The molecule has 0 amide bonds. The van der Waals surface area contributed by atoms with E-state index >= 15 is 0 Å². The largest absolute Gasteiger partial charge is 0.463 e. The van der Waals surface area contributed by atoms with Gasteiger partial charge in [-0.05, 0) is 12.5 Å². The van der Waals surface area contributed by atoms with Crippen LogP contribution < -0.4 is 9.64 Å². The molecule has 174 valence electrons. The summed E-state index contributed by atoms with van der Waals surface area (Å²) >= 11 is 1.46. The third kappa shape index (κ3) is 3.96. The number of anilines is 1. The first-order chi connectivity index (χ1) is 15.2. The normalized spacial score (nSPS) is 14.8. The molecule has 0 saturated heterocycles. The molecule has 3 aromatic heterocycles. The van der Waals surface area contributed by atoms with Gasteiger partial charge in [-0.15, -0.1) is 21.5 Å². The summed E-state index contributed by atoms with van der Waals surface area (Å²) in [5, 5.41) is 16.4. The molecule has 0 aliphatic carbocycles. The summed E-state index contributed by atoms with van der Waals surface area (Å²) in [6, 6.07) is 2.02. The van der Waals surface area contributed by atoms with Gasteiger partial charge in [-0.1, -0.05) is 6.92 Å². The van der Waals surface area contributed by atoms with E-state index in [1.165, 1.54) is 11.3 Å². The Kier molecular flexibility index (Phi) is 5.92. The molecule has 1 aliphatic heterocycles. The first kappa shape index (κ1) is 22.6. The van der Waals surface area contributed by atoms with Crippen LogP contribution in [-0.2, 0) is 25.4 Å². The molecule has 0 spiro atoms. The third-order valence-electron chi connectivity index (χ3n) is 4.97. The summed E-state index contributed by atoms with van der Waals surface area (Å²) in [7, 11) is 0. The number of fused-ring (bicyclic) bond motifs is 2. The molecule has 0 atom stereocenters. The van der Waals surface area contributed by atoms with E-state index in [0.717, 1.165) is 21.3 Å². The van der Waals surface area contributed by atoms with Crippen molar-refractivity contribution in [2.45, 2.75) is 45.0 Å². The Morgan fingerprint density at radius 3 is 2.62 bits per heavy atom. The quantitative estimate of drug-likeness (QED) is 0.412. The van der Waals surface area contributed by atoms with E-state index in [0.29, 0.717) is 17.1 Å². The second-order valence-electron chi connectivity index (χ2n) is 7.13. The predicted octanol–water partition coefficient (Wildman–Crippen LogP) is 3.28. The highest BCUT2D eigenvalue weighted by atomic mass is 32.1. The molecule has 3 aromatic rings. The summed E-state index contributed by atoms with van der Waals surface area (Å²) in [5.74, 6) is -6.05. The Morgan fingerprint density at radius 1 is 1.16 bits per heavy atom. The SMILES string of the molecule is CCc1cc2c(N3CCn4c(nnc4C(F)(F)C(F)(F)F)C3)nc(OCCCO)nc2s1. The van der Waals surface area contributed by atoms with Crippen molar-refractivity contribution >= 4 is 27.4 Å². The Balaban J connectivity index is 1.68. The molecule has 8 nitrogen and oxygen atoms in total. The molecule has 0 saturated carbocycles. The summed E-state index contributed by atoms with van der Waals surface area (Å²) in [4.78, 5) is 12.3. The second kappa shape index (κ2) is 8.39. The maximum atomic E-state index is 13.8. The van der Waals surface area contributed by atoms with E-state index in [4.69, 9.17) is 9.84 Å². The lowest BCUT2D eigenvalue weighted by molar-refractivity contribution is -0.293. The molecular formula is C18H19F5N6O2S. The van der Waals surface area contributed by atoms with Crippen LogP contribution in [0.15, 0.2) is 6.07 Å². The van der Waals surface area contributed by atoms with Gasteiger partial charge in [-0.25, -0.2) is 0 Å². The van der Waals surface area contributed by atoms with Crippen molar-refractivity contribution in [1.29, 1.82) is 0 Å². The van der Waals surface area contributed by atoms with Crippen LogP contribution in [0.5, 0.6) is 6.01 Å². The molecule has 32 heavy (non-hydrogen) atoms. The fraction of sp³-hybridized carbons (Fsp3) is 0.556. The zero-order valence-corrected chi connectivity index (χ0v) is 17.7. The fourth-order valence-corrected chi connectivity index (χ4v) is 4.30. The van der Waals surface area contributed by atoms with Crippen molar-refractivity contribution in [2.75, 3.05) is 24.7 Å². The third-order valence-corrected chi connectivity index (χ3v) is 6.15. The zero-order chi connectivity index (χ0) is 23.1. The van der Waals surface area contributed by atoms with E-state index in [-0.39, 0.29) is 44.7 Å². The van der Waals surface area contributed by atoms with Crippen molar-refractivity contribution in [1.82, 2.24) is 24.7 Å². The molecule has 0 unspecified atom stereocenters. The van der Waals surface area contributed by atoms with Crippen LogP contribution in [0.2, 0.25) is 0 Å². The van der Waals surface area contributed by atoms with Crippen molar-refractivity contribution in [3.63, 3.8) is 0 Å². The minimum absolute atomic E-state index is 0.0179. The second-order valence-corrected chi connectivity index (χ2v) is 8.24. The van der Waals surface area contributed by atoms with Crippen molar-refractivity contribution in [3.05, 3.63) is 22.6 Å². The number of nitrogens with zero attached hydrogens (tertiary/aromatic N) is 6. The molecule has 1 aliphatic rings. The van der Waals surface area contributed by atoms with Gasteiger partial charge in [-0.2, -0.15) is 31.9 Å². The van der Waals surface area contributed by atoms with E-state index < -0.39 is 17.9 Å². The number of hydrogen-bond acceptors (Lipinski definition) is 8. The molecule has 1 N–H and O–H groups in total. The number of halogens is 5. The van der Waals surface area contributed by atoms with Crippen LogP contribution >= 0.6 is 11.3 Å². The highest BCUT2D eigenvalue weighted by Crippen LogP contribution is 2.43. The average Bonchev–Trinajstić information content (AvgIpc) is 3.36. The van der Waals surface area contributed by atoms with E-state index in [2.05, 4.69) is 20.2 Å². The van der Waals surface area contributed by atoms with Gasteiger partial charge in [-0.3, -0.25) is 0 Å². The van der Waals surface area contributed by atoms with Crippen molar-refractivity contribution in [3.8, 4) is 6.01 Å². The Labute approximate surface area is 182 Å². The maximum Gasteiger partial charge on any atom is 0.461 e. The maximum absolute atomic E-state index is 13.8. The molecule has 0 radical (unpaired) electrons. The van der Waals surface area contributed by atoms with Gasteiger partial charge in [0.05, 0.1) is 18.5 Å². The minimum atomic E-state index is -5.76. The number of aromatic nitrogens is 5. The molecular weight excluding hydrogens is 459 g/mol. The molecule has 0 aromatic carbocycles. The smallest absolute Gasteiger partial charge is 0.461 e.